The Morgan fingerprint density at radius 2 is 2.43 bits per heavy atom. The number of allylic oxidation sites excluding steroid dienone is 2. The minimum atomic E-state index is 0.440. The van der Waals surface area contributed by atoms with Crippen molar-refractivity contribution >= 4 is 6.29 Å². The third kappa shape index (κ3) is 2.71. The first-order valence-electron chi connectivity index (χ1n) is 1.83. The third-order valence-electron chi connectivity index (χ3n) is 0.494. The van der Waals surface area contributed by atoms with Crippen molar-refractivity contribution in [2.24, 2.45) is 0 Å². The first-order valence-corrected chi connectivity index (χ1v) is 1.83. The topological polar surface area (TPSA) is 40.9 Å². The molecule has 7 heavy (non-hydrogen) atoms. The van der Waals surface area contributed by atoms with Gasteiger partial charge in [-0.15, -0.1) is 0 Å². The first kappa shape index (κ1) is 5.90. The minimum absolute atomic E-state index is 0.440. The average molecular weight is 95.1 g/mol. The fraction of sp³-hybridized carbons (Fsp3) is 0.200. The lowest BCUT2D eigenvalue weighted by Crippen LogP contribution is -1.66. The summed E-state index contributed by atoms with van der Waals surface area (Å²) in [5.41, 5.74) is 0.440. The van der Waals surface area contributed by atoms with Crippen molar-refractivity contribution in [2.45, 2.75) is 6.92 Å². The maximum atomic E-state index is 9.55. The number of hydrogen-bond acceptors (Lipinski definition) is 2. The number of nitrogens with zero attached hydrogens (tertiary/aromatic N) is 1. The van der Waals surface area contributed by atoms with Gasteiger partial charge in [0.2, 0.25) is 0 Å². The lowest BCUT2D eigenvalue weighted by atomic mass is 10.3. The smallest absolute Gasteiger partial charge is 0.143 e. The van der Waals surface area contributed by atoms with Crippen molar-refractivity contribution in [3.8, 4) is 6.07 Å². The van der Waals surface area contributed by atoms with Crippen molar-refractivity contribution in [3.63, 3.8) is 0 Å². The minimum Gasteiger partial charge on any atom is -0.299 e. The molecule has 0 aliphatic rings. The highest BCUT2D eigenvalue weighted by molar-refractivity contribution is 5.67. The van der Waals surface area contributed by atoms with E-state index >= 15 is 0 Å². The Hall–Kier alpha value is -1.10. The van der Waals surface area contributed by atoms with Crippen molar-refractivity contribution < 1.29 is 4.79 Å². The highest BCUT2D eigenvalue weighted by atomic mass is 16.1. The summed E-state index contributed by atoms with van der Waals surface area (Å²) < 4.78 is 0. The first-order chi connectivity index (χ1) is 3.31. The molecule has 2 nitrogen and oxygen atoms in total. The van der Waals surface area contributed by atoms with E-state index in [9.17, 15) is 4.79 Å². The SMILES string of the molecule is C/C(C#N)=C/C=O. The number of hydrogen-bond donors (Lipinski definition) is 0. The van der Waals surface area contributed by atoms with Gasteiger partial charge in [0.1, 0.15) is 6.29 Å². The van der Waals surface area contributed by atoms with Crippen LogP contribution in [0.4, 0.5) is 0 Å². The van der Waals surface area contributed by atoms with Gasteiger partial charge in [0.05, 0.1) is 6.07 Å². The van der Waals surface area contributed by atoms with Crippen LogP contribution in [0.2, 0.25) is 0 Å². The molecule has 36 valence electrons. The second-order valence-corrected chi connectivity index (χ2v) is 1.10. The highest BCUT2D eigenvalue weighted by Gasteiger charge is 1.75. The molecule has 0 aliphatic heterocycles. The van der Waals surface area contributed by atoms with Crippen molar-refractivity contribution in [2.75, 3.05) is 0 Å². The molecule has 0 saturated carbocycles. The normalized spacial score (nSPS) is 10.0. The van der Waals surface area contributed by atoms with E-state index < -0.39 is 0 Å². The van der Waals surface area contributed by atoms with Crippen molar-refractivity contribution in [1.82, 2.24) is 0 Å². The molecule has 0 aromatic heterocycles. The Morgan fingerprint density at radius 1 is 1.86 bits per heavy atom. The van der Waals surface area contributed by atoms with Crippen LogP contribution >= 0.6 is 0 Å². The summed E-state index contributed by atoms with van der Waals surface area (Å²) in [6.45, 7) is 1.58. The summed E-state index contributed by atoms with van der Waals surface area (Å²) in [7, 11) is 0. The fourth-order valence-electron chi connectivity index (χ4n) is 0.139. The van der Waals surface area contributed by atoms with E-state index in [1.165, 1.54) is 6.08 Å². The molecule has 0 amide bonds. The Balaban J connectivity index is 3.80. The Morgan fingerprint density at radius 3 is 2.57 bits per heavy atom. The van der Waals surface area contributed by atoms with Gasteiger partial charge in [-0.05, 0) is 13.0 Å². The summed E-state index contributed by atoms with van der Waals surface area (Å²) >= 11 is 0. The number of aldehydes is 1. The average Bonchev–Trinajstić information content (AvgIpc) is 1.68. The molecule has 0 aliphatic carbocycles. The number of carbonyl (C=O) groups is 1. The standard InChI is InChI=1S/C5H5NO/c1-5(4-6)2-3-7/h2-3H,1H3/b5-2-. The van der Waals surface area contributed by atoms with Crippen molar-refractivity contribution in [3.05, 3.63) is 11.6 Å². The van der Waals surface area contributed by atoms with E-state index in [4.69, 9.17) is 5.26 Å². The molecule has 0 rings (SSSR count). The van der Waals surface area contributed by atoms with E-state index in [1.54, 1.807) is 13.0 Å². The summed E-state index contributed by atoms with van der Waals surface area (Å²) in [4.78, 5) is 9.55. The lowest BCUT2D eigenvalue weighted by Gasteiger charge is -1.70. The fourth-order valence-corrected chi connectivity index (χ4v) is 0.139. The Bertz CT molecular complexity index is 130. The Kier molecular flexibility index (Phi) is 2.62. The van der Waals surface area contributed by atoms with E-state index in [-0.39, 0.29) is 0 Å². The lowest BCUT2D eigenvalue weighted by molar-refractivity contribution is -0.104. The predicted molar refractivity (Wildman–Crippen MR) is 25.4 cm³/mol. The van der Waals surface area contributed by atoms with Crippen LogP contribution in [0.1, 0.15) is 6.92 Å². The van der Waals surface area contributed by atoms with Crippen LogP contribution in [0.15, 0.2) is 11.6 Å². The Labute approximate surface area is 42.1 Å². The zero-order chi connectivity index (χ0) is 5.70. The molecule has 0 bridgehead atoms. The molecular formula is C5H5NO. The third-order valence-corrected chi connectivity index (χ3v) is 0.494. The molecular weight excluding hydrogens is 90.1 g/mol. The van der Waals surface area contributed by atoms with Gasteiger partial charge in [-0.2, -0.15) is 5.26 Å². The summed E-state index contributed by atoms with van der Waals surface area (Å²) in [5.74, 6) is 0. The zero-order valence-electron chi connectivity index (χ0n) is 4.01. The van der Waals surface area contributed by atoms with E-state index in [0.29, 0.717) is 11.9 Å². The van der Waals surface area contributed by atoms with Crippen LogP contribution in [-0.2, 0) is 4.79 Å². The molecule has 0 heterocycles. The quantitative estimate of drug-likeness (QED) is 0.272. The van der Waals surface area contributed by atoms with E-state index in [2.05, 4.69) is 0 Å². The molecule has 2 heteroatoms. The number of rotatable bonds is 1. The largest absolute Gasteiger partial charge is 0.299 e. The highest BCUT2D eigenvalue weighted by Crippen LogP contribution is 1.82. The molecule has 0 atom stereocenters. The molecule has 0 N–H and O–H groups in total. The van der Waals surface area contributed by atoms with Gasteiger partial charge in [0, 0.05) is 5.57 Å². The van der Waals surface area contributed by atoms with Crippen LogP contribution in [0.3, 0.4) is 0 Å². The molecule has 0 aromatic carbocycles. The summed E-state index contributed by atoms with van der Waals surface area (Å²) in [6, 6.07) is 1.80. The van der Waals surface area contributed by atoms with Crippen LogP contribution in [0.25, 0.3) is 0 Å². The van der Waals surface area contributed by atoms with Crippen LogP contribution in [0, 0.1) is 11.3 Å². The van der Waals surface area contributed by atoms with Gasteiger partial charge >= 0.3 is 0 Å². The molecule has 0 spiro atoms. The molecule has 0 radical (unpaired) electrons. The van der Waals surface area contributed by atoms with Gasteiger partial charge in [-0.1, -0.05) is 0 Å². The maximum absolute atomic E-state index is 9.55. The number of carbonyl (C=O) groups excluding carboxylic acids is 1. The predicted octanol–water partition coefficient (Wildman–Crippen LogP) is 0.655. The van der Waals surface area contributed by atoms with Crippen molar-refractivity contribution in [1.29, 1.82) is 5.26 Å². The van der Waals surface area contributed by atoms with Crippen LogP contribution < -0.4 is 0 Å². The van der Waals surface area contributed by atoms with Gasteiger partial charge in [-0.25, -0.2) is 0 Å². The zero-order valence-corrected chi connectivity index (χ0v) is 4.01. The van der Waals surface area contributed by atoms with Gasteiger partial charge in [0.25, 0.3) is 0 Å². The van der Waals surface area contributed by atoms with E-state index in [1.807, 2.05) is 0 Å². The van der Waals surface area contributed by atoms with E-state index in [0.717, 1.165) is 0 Å². The monoisotopic (exact) mass is 95.0 g/mol. The molecule has 0 aromatic rings. The van der Waals surface area contributed by atoms with Gasteiger partial charge < -0.3 is 0 Å². The molecule has 0 fully saturated rings. The summed E-state index contributed by atoms with van der Waals surface area (Å²) in [6.07, 6.45) is 1.82. The van der Waals surface area contributed by atoms with Gasteiger partial charge in [-0.3, -0.25) is 4.79 Å². The maximum Gasteiger partial charge on any atom is 0.143 e. The van der Waals surface area contributed by atoms with Gasteiger partial charge in [0.15, 0.2) is 0 Å². The van der Waals surface area contributed by atoms with Crippen LogP contribution in [0.5, 0.6) is 0 Å². The summed E-state index contributed by atoms with van der Waals surface area (Å²) in [5, 5.41) is 7.99. The van der Waals surface area contributed by atoms with Crippen LogP contribution in [-0.4, -0.2) is 6.29 Å². The molecule has 0 unspecified atom stereocenters. The second kappa shape index (κ2) is 3.10. The second-order valence-electron chi connectivity index (χ2n) is 1.10. The number of nitriles is 1. The molecule has 0 saturated heterocycles.